The van der Waals surface area contributed by atoms with Crippen LogP contribution in [0, 0.1) is 0 Å². The van der Waals surface area contributed by atoms with E-state index in [-0.39, 0.29) is 23.7 Å². The lowest BCUT2D eigenvalue weighted by molar-refractivity contribution is -0.115. The molecular weight excluding hydrogens is 896 g/mol. The largest absolute Gasteiger partial charge is 0.495 e. The van der Waals surface area contributed by atoms with Crippen LogP contribution in [0.2, 0.25) is 0 Å². The average molecular weight is 948 g/mol. The highest BCUT2D eigenvalue weighted by Crippen LogP contribution is 2.35. The molecule has 3 rings (SSSR count). The minimum Gasteiger partial charge on any atom is -0.495 e. The van der Waals surface area contributed by atoms with Crippen LogP contribution < -0.4 is 32.4 Å². The highest BCUT2D eigenvalue weighted by Gasteiger charge is 2.27. The molecule has 2 aromatic rings. The summed E-state index contributed by atoms with van der Waals surface area (Å²) in [5.41, 5.74) is 28.6. The van der Waals surface area contributed by atoms with E-state index >= 15 is 0 Å². The predicted molar refractivity (Wildman–Crippen MR) is 218 cm³/mol. The fraction of sp³-hybridized carbons (Fsp3) is 0.526. The van der Waals surface area contributed by atoms with E-state index in [0.717, 1.165) is 118 Å². The molecule has 0 spiro atoms. The topological polar surface area (TPSA) is 157 Å². The molecular formula is C38H52Br4N4O4. The lowest BCUT2D eigenvalue weighted by atomic mass is 9.86. The van der Waals surface area contributed by atoms with Crippen molar-refractivity contribution in [2.24, 2.45) is 22.9 Å². The molecule has 0 fully saturated rings. The number of aryl methyl sites for hydroxylation is 2. The van der Waals surface area contributed by atoms with Gasteiger partial charge in [-0.15, -0.1) is 0 Å². The Morgan fingerprint density at radius 2 is 0.900 bits per heavy atom. The SMILES string of the molecule is COc1c(Br)cc(Br)cc1CCC(N)CCCCCC(N)C1=CC(=O)C(C(N)CCCCCC(N)CCc2cc(Br)cc(Br)c2OC)=CC1=O. The molecule has 0 amide bonds. The molecule has 0 radical (unpaired) electrons. The maximum atomic E-state index is 13.0. The molecule has 0 heterocycles. The van der Waals surface area contributed by atoms with E-state index < -0.39 is 12.1 Å². The molecule has 1 aliphatic carbocycles. The van der Waals surface area contributed by atoms with Crippen LogP contribution in [0.1, 0.15) is 88.2 Å². The summed E-state index contributed by atoms with van der Waals surface area (Å²) in [5.74, 6) is 1.27. The second-order valence-electron chi connectivity index (χ2n) is 13.2. The molecule has 0 saturated carbocycles. The fourth-order valence-corrected chi connectivity index (χ4v) is 9.35. The average Bonchev–Trinajstić information content (AvgIpc) is 3.06. The van der Waals surface area contributed by atoms with Gasteiger partial charge in [0.15, 0.2) is 11.6 Å². The summed E-state index contributed by atoms with van der Waals surface area (Å²) in [6.07, 6.45) is 14.8. The molecule has 4 atom stereocenters. The van der Waals surface area contributed by atoms with Crippen LogP contribution >= 0.6 is 63.7 Å². The van der Waals surface area contributed by atoms with Crippen LogP contribution in [0.3, 0.4) is 0 Å². The standard InChI is InChI=1S/C38H52Br4N4O4/c1-49-37-23(17-25(39)19-31(37)41)13-15-27(43)9-5-3-7-11-33(45)29-21-36(48)30(22-35(29)47)34(46)12-8-4-6-10-28(44)16-14-24-18-26(40)20-32(42)38(24)50-2/h17-22,27-28,33-34H,3-16,43-46H2,1-2H3. The second kappa shape index (κ2) is 22.0. The van der Waals surface area contributed by atoms with E-state index in [1.54, 1.807) is 14.2 Å². The van der Waals surface area contributed by atoms with E-state index in [9.17, 15) is 9.59 Å². The monoisotopic (exact) mass is 944 g/mol. The van der Waals surface area contributed by atoms with Crippen molar-refractivity contribution in [3.8, 4) is 11.5 Å². The minimum atomic E-state index is -0.480. The Labute approximate surface area is 331 Å². The number of ether oxygens (including phenoxy) is 2. The Bertz CT molecular complexity index is 1400. The molecule has 50 heavy (non-hydrogen) atoms. The van der Waals surface area contributed by atoms with Gasteiger partial charge in [-0.05, 0) is 131 Å². The summed E-state index contributed by atoms with van der Waals surface area (Å²) in [6.45, 7) is 0. The van der Waals surface area contributed by atoms with Crippen molar-refractivity contribution < 1.29 is 19.1 Å². The van der Waals surface area contributed by atoms with Crippen LogP contribution in [-0.2, 0) is 22.4 Å². The van der Waals surface area contributed by atoms with Gasteiger partial charge in [-0.25, -0.2) is 0 Å². The summed E-state index contributed by atoms with van der Waals surface area (Å²) < 4.78 is 14.9. The summed E-state index contributed by atoms with van der Waals surface area (Å²) in [7, 11) is 3.35. The number of nitrogens with two attached hydrogens (primary N) is 4. The number of ketones is 2. The van der Waals surface area contributed by atoms with Crippen LogP contribution in [-0.4, -0.2) is 50.0 Å². The molecule has 2 aromatic carbocycles. The number of unbranched alkanes of at least 4 members (excludes halogenated alkanes) is 4. The third-order valence-electron chi connectivity index (χ3n) is 9.27. The Morgan fingerprint density at radius 3 is 1.26 bits per heavy atom. The summed E-state index contributed by atoms with van der Waals surface area (Å²) >= 11 is 14.2. The lowest BCUT2D eigenvalue weighted by Crippen LogP contribution is -2.34. The Morgan fingerprint density at radius 1 is 0.540 bits per heavy atom. The second-order valence-corrected chi connectivity index (χ2v) is 16.7. The zero-order valence-electron chi connectivity index (χ0n) is 29.1. The van der Waals surface area contributed by atoms with Gasteiger partial charge >= 0.3 is 0 Å². The maximum absolute atomic E-state index is 13.0. The van der Waals surface area contributed by atoms with Gasteiger partial charge < -0.3 is 32.4 Å². The van der Waals surface area contributed by atoms with Crippen molar-refractivity contribution in [2.75, 3.05) is 14.2 Å². The van der Waals surface area contributed by atoms with Crippen molar-refractivity contribution in [1.29, 1.82) is 0 Å². The molecule has 8 N–H and O–H groups in total. The van der Waals surface area contributed by atoms with Gasteiger partial charge in [0.05, 0.1) is 23.2 Å². The van der Waals surface area contributed by atoms with Gasteiger partial charge in [0.25, 0.3) is 0 Å². The van der Waals surface area contributed by atoms with E-state index in [0.29, 0.717) is 24.0 Å². The molecule has 1 aliphatic rings. The maximum Gasteiger partial charge on any atom is 0.184 e. The van der Waals surface area contributed by atoms with Gasteiger partial charge in [0.1, 0.15) is 11.5 Å². The molecule has 0 bridgehead atoms. The number of carbonyl (C=O) groups excluding carboxylic acids is 2. The molecule has 0 aromatic heterocycles. The van der Waals surface area contributed by atoms with Gasteiger partial charge in [0.2, 0.25) is 0 Å². The first-order valence-electron chi connectivity index (χ1n) is 17.4. The number of hydrogen-bond donors (Lipinski definition) is 4. The number of methoxy groups -OCH3 is 2. The Kier molecular flexibility index (Phi) is 18.9. The van der Waals surface area contributed by atoms with E-state index in [4.69, 9.17) is 32.4 Å². The van der Waals surface area contributed by atoms with Crippen LogP contribution in [0.25, 0.3) is 0 Å². The third kappa shape index (κ3) is 13.5. The van der Waals surface area contributed by atoms with Gasteiger partial charge in [-0.2, -0.15) is 0 Å². The zero-order valence-corrected chi connectivity index (χ0v) is 35.5. The van der Waals surface area contributed by atoms with Crippen molar-refractivity contribution in [3.63, 3.8) is 0 Å². The number of benzene rings is 2. The van der Waals surface area contributed by atoms with Crippen LogP contribution in [0.15, 0.2) is 65.5 Å². The van der Waals surface area contributed by atoms with Crippen molar-refractivity contribution in [2.45, 2.75) is 114 Å². The molecule has 0 aliphatic heterocycles. The van der Waals surface area contributed by atoms with Gasteiger partial charge in [-0.3, -0.25) is 9.59 Å². The highest BCUT2D eigenvalue weighted by atomic mass is 79.9. The van der Waals surface area contributed by atoms with E-state index in [1.807, 2.05) is 12.1 Å². The van der Waals surface area contributed by atoms with E-state index in [1.165, 1.54) is 12.2 Å². The fourth-order valence-electron chi connectivity index (χ4n) is 6.40. The lowest BCUT2D eigenvalue weighted by Gasteiger charge is -2.21. The first-order valence-corrected chi connectivity index (χ1v) is 20.6. The Balaban J connectivity index is 1.31. The molecule has 4 unspecified atom stereocenters. The summed E-state index contributed by atoms with van der Waals surface area (Å²) in [6, 6.07) is 7.28. The van der Waals surface area contributed by atoms with E-state index in [2.05, 4.69) is 75.9 Å². The summed E-state index contributed by atoms with van der Waals surface area (Å²) in [4.78, 5) is 25.9. The third-order valence-corrected chi connectivity index (χ3v) is 11.4. The minimum absolute atomic E-state index is 0.0813. The van der Waals surface area contributed by atoms with Gasteiger partial charge in [0, 0.05) is 44.3 Å². The number of carbonyl (C=O) groups is 2. The molecule has 12 heteroatoms. The quantitative estimate of drug-likeness (QED) is 0.0677. The molecule has 0 saturated heterocycles. The number of hydrogen-bond acceptors (Lipinski definition) is 8. The van der Waals surface area contributed by atoms with Crippen LogP contribution in [0.5, 0.6) is 11.5 Å². The Hall–Kier alpha value is -1.38. The smallest absolute Gasteiger partial charge is 0.184 e. The number of allylic oxidation sites excluding steroid dienone is 2. The highest BCUT2D eigenvalue weighted by molar-refractivity contribution is 9.11. The van der Waals surface area contributed by atoms with Crippen molar-refractivity contribution in [1.82, 2.24) is 0 Å². The summed E-state index contributed by atoms with van der Waals surface area (Å²) in [5, 5.41) is 0. The van der Waals surface area contributed by atoms with Gasteiger partial charge in [-0.1, -0.05) is 70.4 Å². The number of halogens is 4. The zero-order chi connectivity index (χ0) is 36.8. The first kappa shape index (κ1) is 43.0. The number of rotatable bonds is 22. The predicted octanol–water partition coefficient (Wildman–Crippen LogP) is 8.53. The molecule has 8 nitrogen and oxygen atoms in total. The first-order chi connectivity index (χ1) is 23.8. The van der Waals surface area contributed by atoms with Crippen LogP contribution in [0.4, 0.5) is 0 Å². The van der Waals surface area contributed by atoms with Crippen molar-refractivity contribution >= 4 is 75.3 Å². The normalized spacial score (nSPS) is 15.7. The molecule has 276 valence electrons. The van der Waals surface area contributed by atoms with Crippen molar-refractivity contribution in [3.05, 3.63) is 76.6 Å².